The molecule has 7 nitrogen and oxygen atoms in total. The van der Waals surface area contributed by atoms with E-state index in [1.807, 2.05) is 11.8 Å². The third-order valence-corrected chi connectivity index (χ3v) is 3.36. The minimum absolute atomic E-state index is 0.110. The van der Waals surface area contributed by atoms with Crippen LogP contribution >= 0.6 is 0 Å². The third-order valence-electron chi connectivity index (χ3n) is 3.36. The maximum atomic E-state index is 11.9. The summed E-state index contributed by atoms with van der Waals surface area (Å²) in [5, 5.41) is 16.9. The summed E-state index contributed by atoms with van der Waals surface area (Å²) in [5.74, 6) is -0.207. The molecule has 7 heteroatoms. The van der Waals surface area contributed by atoms with Crippen molar-refractivity contribution in [1.82, 2.24) is 15.5 Å². The molecule has 1 fully saturated rings. The molecule has 1 heterocycles. The number of likely N-dealkylation sites (tertiary alicyclic amines) is 1. The lowest BCUT2D eigenvalue weighted by atomic mass is 9.96. The summed E-state index contributed by atoms with van der Waals surface area (Å²) in [6, 6.07) is -0.854. The first-order chi connectivity index (χ1) is 8.99. The molecule has 0 spiro atoms. The van der Waals surface area contributed by atoms with Gasteiger partial charge < -0.3 is 10.5 Å². The Morgan fingerprint density at radius 2 is 2.26 bits per heavy atom. The number of carbonyl (C=O) groups is 2. The van der Waals surface area contributed by atoms with E-state index in [1.54, 1.807) is 13.8 Å². The van der Waals surface area contributed by atoms with Crippen molar-refractivity contribution in [1.29, 1.82) is 0 Å². The number of oxime groups is 1. The first-order valence-corrected chi connectivity index (χ1v) is 6.53. The van der Waals surface area contributed by atoms with Crippen molar-refractivity contribution in [2.24, 2.45) is 11.1 Å². The number of hydrogen-bond donors (Lipinski definition) is 3. The van der Waals surface area contributed by atoms with Crippen molar-refractivity contribution in [2.75, 3.05) is 19.6 Å². The molecule has 0 aromatic heterocycles. The Kier molecular flexibility index (Phi) is 5.75. The first kappa shape index (κ1) is 15.4. The summed E-state index contributed by atoms with van der Waals surface area (Å²) in [7, 11) is 0. The molecule has 1 saturated heterocycles. The van der Waals surface area contributed by atoms with Crippen LogP contribution in [0.25, 0.3) is 0 Å². The average Bonchev–Trinajstić information content (AvgIpc) is 2.37. The number of piperidine rings is 1. The number of rotatable bonds is 3. The fraction of sp³-hybridized carbons (Fsp3) is 0.750. The van der Waals surface area contributed by atoms with Gasteiger partial charge in [-0.05, 0) is 13.8 Å². The van der Waals surface area contributed by atoms with Crippen LogP contribution in [-0.4, -0.2) is 53.4 Å². The molecule has 19 heavy (non-hydrogen) atoms. The molecule has 3 N–H and O–H groups in total. The predicted octanol–water partition coefficient (Wildman–Crippen LogP) is 0.393. The smallest absolute Gasteiger partial charge is 0.321 e. The molecule has 1 rings (SSSR count). The van der Waals surface area contributed by atoms with Crippen LogP contribution in [0.4, 0.5) is 4.79 Å². The minimum atomic E-state index is -0.470. The van der Waals surface area contributed by atoms with E-state index in [-0.39, 0.29) is 17.9 Å². The van der Waals surface area contributed by atoms with E-state index in [2.05, 4.69) is 15.8 Å². The van der Waals surface area contributed by atoms with E-state index in [0.29, 0.717) is 26.1 Å². The molecule has 2 unspecified atom stereocenters. The summed E-state index contributed by atoms with van der Waals surface area (Å²) >= 11 is 0. The van der Waals surface area contributed by atoms with Crippen LogP contribution in [0, 0.1) is 5.92 Å². The molecule has 108 valence electrons. The van der Waals surface area contributed by atoms with Gasteiger partial charge in [-0.25, -0.2) is 4.79 Å². The zero-order valence-electron chi connectivity index (χ0n) is 11.6. The van der Waals surface area contributed by atoms with E-state index < -0.39 is 6.03 Å². The quantitative estimate of drug-likeness (QED) is 0.511. The summed E-state index contributed by atoms with van der Waals surface area (Å²) < 4.78 is 0. The van der Waals surface area contributed by atoms with Crippen LogP contribution in [0.15, 0.2) is 5.16 Å². The van der Waals surface area contributed by atoms with Gasteiger partial charge in [0.2, 0.25) is 5.91 Å². The number of nitrogens with one attached hydrogen (secondary N) is 2. The molecule has 1 aliphatic heterocycles. The minimum Gasteiger partial charge on any atom is -0.411 e. The zero-order chi connectivity index (χ0) is 14.4. The monoisotopic (exact) mass is 270 g/mol. The molecular weight excluding hydrogens is 248 g/mol. The Balaban J connectivity index is 2.52. The van der Waals surface area contributed by atoms with Crippen molar-refractivity contribution >= 4 is 17.6 Å². The number of nitrogens with zero attached hydrogens (tertiary/aromatic N) is 2. The summed E-state index contributed by atoms with van der Waals surface area (Å²) in [5.41, 5.74) is 0.757. The van der Waals surface area contributed by atoms with Gasteiger partial charge in [0.05, 0.1) is 11.8 Å². The molecular formula is C12H22N4O3. The lowest BCUT2D eigenvalue weighted by molar-refractivity contribution is -0.125. The van der Waals surface area contributed by atoms with Gasteiger partial charge in [0.1, 0.15) is 0 Å². The van der Waals surface area contributed by atoms with Gasteiger partial charge in [-0.1, -0.05) is 12.1 Å². The highest BCUT2D eigenvalue weighted by atomic mass is 16.4. The van der Waals surface area contributed by atoms with Gasteiger partial charge in [-0.3, -0.25) is 15.0 Å². The van der Waals surface area contributed by atoms with Crippen LogP contribution in [-0.2, 0) is 4.79 Å². The normalized spacial score (nSPS) is 23.9. The van der Waals surface area contributed by atoms with Crippen molar-refractivity contribution in [2.45, 2.75) is 33.2 Å². The summed E-state index contributed by atoms with van der Waals surface area (Å²) in [6.07, 6.45) is 0.635. The number of imide groups is 1. The Morgan fingerprint density at radius 1 is 1.58 bits per heavy atom. The van der Waals surface area contributed by atoms with Crippen LogP contribution in [0.1, 0.15) is 27.2 Å². The van der Waals surface area contributed by atoms with Gasteiger partial charge in [0.25, 0.3) is 0 Å². The highest BCUT2D eigenvalue weighted by molar-refractivity contribution is 5.97. The van der Waals surface area contributed by atoms with E-state index in [4.69, 9.17) is 5.21 Å². The van der Waals surface area contributed by atoms with Crippen LogP contribution in [0.5, 0.6) is 0 Å². The van der Waals surface area contributed by atoms with Crippen molar-refractivity contribution < 1.29 is 14.8 Å². The number of hydrogen-bond acceptors (Lipinski definition) is 5. The maximum absolute atomic E-state index is 11.9. The van der Waals surface area contributed by atoms with Crippen LogP contribution in [0.2, 0.25) is 0 Å². The fourth-order valence-corrected chi connectivity index (χ4v) is 2.14. The Hall–Kier alpha value is -1.63. The third kappa shape index (κ3) is 4.20. The average molecular weight is 270 g/mol. The molecule has 0 aromatic rings. The van der Waals surface area contributed by atoms with Gasteiger partial charge >= 0.3 is 6.03 Å². The topological polar surface area (TPSA) is 94.0 Å². The maximum Gasteiger partial charge on any atom is 0.321 e. The zero-order valence-corrected chi connectivity index (χ0v) is 11.6. The lowest BCUT2D eigenvalue weighted by Gasteiger charge is -2.34. The SMILES string of the molecule is CCNC(=O)NC(=O)C(C)N1CCC(=NO)C(C)C1. The van der Waals surface area contributed by atoms with E-state index in [9.17, 15) is 9.59 Å². The molecule has 1 aliphatic rings. The van der Waals surface area contributed by atoms with Crippen molar-refractivity contribution in [3.63, 3.8) is 0 Å². The predicted molar refractivity (Wildman–Crippen MR) is 71.3 cm³/mol. The first-order valence-electron chi connectivity index (χ1n) is 6.53. The largest absolute Gasteiger partial charge is 0.411 e. The summed E-state index contributed by atoms with van der Waals surface area (Å²) in [6.45, 7) is 7.27. The Labute approximate surface area is 113 Å². The van der Waals surface area contributed by atoms with Crippen LogP contribution in [0.3, 0.4) is 0 Å². The number of amides is 3. The highest BCUT2D eigenvalue weighted by Crippen LogP contribution is 2.16. The molecule has 0 aromatic carbocycles. The molecule has 0 bridgehead atoms. The molecule has 0 saturated carbocycles. The van der Waals surface area contributed by atoms with E-state index in [1.165, 1.54) is 0 Å². The van der Waals surface area contributed by atoms with Crippen molar-refractivity contribution in [3.8, 4) is 0 Å². The van der Waals surface area contributed by atoms with Crippen molar-refractivity contribution in [3.05, 3.63) is 0 Å². The lowest BCUT2D eigenvalue weighted by Crippen LogP contribution is -2.53. The molecule has 0 aliphatic carbocycles. The molecule has 3 amide bonds. The van der Waals surface area contributed by atoms with Gasteiger partial charge in [-0.2, -0.15) is 0 Å². The van der Waals surface area contributed by atoms with Crippen LogP contribution < -0.4 is 10.6 Å². The second-order valence-electron chi connectivity index (χ2n) is 4.76. The van der Waals surface area contributed by atoms with E-state index in [0.717, 1.165) is 5.71 Å². The number of urea groups is 1. The van der Waals surface area contributed by atoms with Gasteiger partial charge in [-0.15, -0.1) is 0 Å². The number of carbonyl (C=O) groups excluding carboxylic acids is 2. The Morgan fingerprint density at radius 3 is 2.79 bits per heavy atom. The fourth-order valence-electron chi connectivity index (χ4n) is 2.14. The highest BCUT2D eigenvalue weighted by Gasteiger charge is 2.29. The van der Waals surface area contributed by atoms with Gasteiger partial charge in [0, 0.05) is 32.0 Å². The van der Waals surface area contributed by atoms with Gasteiger partial charge in [0.15, 0.2) is 0 Å². The molecule has 0 radical (unpaired) electrons. The second-order valence-corrected chi connectivity index (χ2v) is 4.76. The standard InChI is InChI=1S/C12H22N4O3/c1-4-13-12(18)14-11(17)9(3)16-6-5-10(15-19)8(2)7-16/h8-9,19H,4-7H2,1-3H3,(H2,13,14,17,18). The van der Waals surface area contributed by atoms with E-state index >= 15 is 0 Å². The summed E-state index contributed by atoms with van der Waals surface area (Å²) in [4.78, 5) is 25.2. The second kappa shape index (κ2) is 7.08. The molecule has 2 atom stereocenters. The Bertz CT molecular complexity index is 370.